The molecule has 0 aromatic carbocycles. The van der Waals surface area contributed by atoms with Gasteiger partial charge in [0.05, 0.1) is 0 Å². The van der Waals surface area contributed by atoms with Crippen molar-refractivity contribution in [2.24, 2.45) is 0 Å². The molecule has 0 rings (SSSR count). The highest BCUT2D eigenvalue weighted by atomic mass is 16.4. The second-order valence-corrected chi connectivity index (χ2v) is 5.07. The van der Waals surface area contributed by atoms with E-state index in [0.717, 1.165) is 12.8 Å². The number of carboxylic acids is 1. The third-order valence-corrected chi connectivity index (χ3v) is 3.32. The van der Waals surface area contributed by atoms with Crippen LogP contribution in [0.3, 0.4) is 0 Å². The summed E-state index contributed by atoms with van der Waals surface area (Å²) in [7, 11) is 1.53. The van der Waals surface area contributed by atoms with E-state index in [9.17, 15) is 9.59 Å². The Labute approximate surface area is 116 Å². The van der Waals surface area contributed by atoms with Crippen molar-refractivity contribution < 1.29 is 14.7 Å². The summed E-state index contributed by atoms with van der Waals surface area (Å²) in [5, 5.41) is 11.9. The van der Waals surface area contributed by atoms with Gasteiger partial charge in [-0.1, -0.05) is 39.5 Å². The lowest BCUT2D eigenvalue weighted by molar-refractivity contribution is -0.141. The van der Waals surface area contributed by atoms with Gasteiger partial charge in [0.1, 0.15) is 6.04 Å². The highest BCUT2D eigenvalue weighted by Gasteiger charge is 2.25. The van der Waals surface area contributed by atoms with Crippen molar-refractivity contribution in [1.82, 2.24) is 10.2 Å². The number of rotatable bonds is 9. The van der Waals surface area contributed by atoms with Crippen molar-refractivity contribution in [3.63, 3.8) is 0 Å². The molecule has 0 aromatic heterocycles. The molecule has 0 radical (unpaired) electrons. The van der Waals surface area contributed by atoms with E-state index in [-0.39, 0.29) is 12.1 Å². The van der Waals surface area contributed by atoms with E-state index in [1.807, 2.05) is 6.92 Å². The summed E-state index contributed by atoms with van der Waals surface area (Å²) < 4.78 is 0. The number of amides is 2. The van der Waals surface area contributed by atoms with E-state index in [1.54, 1.807) is 6.92 Å². The fourth-order valence-corrected chi connectivity index (χ4v) is 2.02. The lowest BCUT2D eigenvalue weighted by Gasteiger charge is -2.26. The molecule has 0 aliphatic carbocycles. The number of likely N-dealkylation sites (N-methyl/N-ethyl adjacent to an activating group) is 1. The van der Waals surface area contributed by atoms with Crippen LogP contribution in [0.15, 0.2) is 0 Å². The number of carbonyl (C=O) groups excluding carboxylic acids is 1. The average molecular weight is 272 g/mol. The van der Waals surface area contributed by atoms with Crippen LogP contribution >= 0.6 is 0 Å². The van der Waals surface area contributed by atoms with Gasteiger partial charge in [0, 0.05) is 13.1 Å². The van der Waals surface area contributed by atoms with Gasteiger partial charge in [0.25, 0.3) is 0 Å². The maximum absolute atomic E-state index is 11.9. The molecular formula is C14H28N2O3. The first-order chi connectivity index (χ1) is 8.93. The normalized spacial score (nSPS) is 13.7. The van der Waals surface area contributed by atoms with Crippen molar-refractivity contribution in [1.29, 1.82) is 0 Å². The largest absolute Gasteiger partial charge is 0.480 e. The number of urea groups is 1. The minimum absolute atomic E-state index is 0.0816. The Morgan fingerprint density at radius 2 is 1.84 bits per heavy atom. The first-order valence-electron chi connectivity index (χ1n) is 7.20. The topological polar surface area (TPSA) is 69.6 Å². The molecule has 0 spiro atoms. The van der Waals surface area contributed by atoms with Crippen LogP contribution in [0.5, 0.6) is 0 Å². The Hall–Kier alpha value is -1.26. The van der Waals surface area contributed by atoms with E-state index in [4.69, 9.17) is 5.11 Å². The zero-order valence-electron chi connectivity index (χ0n) is 12.6. The van der Waals surface area contributed by atoms with Crippen molar-refractivity contribution in [2.75, 3.05) is 7.05 Å². The average Bonchev–Trinajstić information content (AvgIpc) is 2.34. The van der Waals surface area contributed by atoms with Crippen molar-refractivity contribution in [3.05, 3.63) is 0 Å². The second-order valence-electron chi connectivity index (χ2n) is 5.07. The summed E-state index contributed by atoms with van der Waals surface area (Å²) in [6.45, 7) is 5.88. The lowest BCUT2D eigenvalue weighted by atomic mass is 10.1. The molecular weight excluding hydrogens is 244 g/mol. The van der Waals surface area contributed by atoms with Crippen LogP contribution in [0.4, 0.5) is 4.79 Å². The highest BCUT2D eigenvalue weighted by Crippen LogP contribution is 2.07. The molecule has 0 aliphatic heterocycles. The number of carbonyl (C=O) groups is 2. The molecule has 0 aliphatic rings. The van der Waals surface area contributed by atoms with E-state index in [1.165, 1.54) is 31.2 Å². The number of hydrogen-bond acceptors (Lipinski definition) is 2. The number of unbranched alkanes of at least 4 members (excludes halogenated alkanes) is 3. The standard InChI is InChI=1S/C14H28N2O3/c1-5-7-8-9-10-11(3)15-14(19)16(4)12(6-2)13(17)18/h11-12H,5-10H2,1-4H3,(H,15,19)(H,17,18). The van der Waals surface area contributed by atoms with Crippen LogP contribution in [-0.4, -0.2) is 41.1 Å². The molecule has 2 N–H and O–H groups in total. The van der Waals surface area contributed by atoms with Crippen molar-refractivity contribution in [2.45, 2.75) is 71.4 Å². The molecule has 0 bridgehead atoms. The van der Waals surface area contributed by atoms with Crippen LogP contribution in [0.2, 0.25) is 0 Å². The summed E-state index contributed by atoms with van der Waals surface area (Å²) in [4.78, 5) is 24.2. The van der Waals surface area contributed by atoms with Gasteiger partial charge >= 0.3 is 12.0 Å². The molecule has 0 saturated heterocycles. The fraction of sp³-hybridized carbons (Fsp3) is 0.857. The van der Waals surface area contributed by atoms with Crippen LogP contribution < -0.4 is 5.32 Å². The van der Waals surface area contributed by atoms with E-state index in [0.29, 0.717) is 6.42 Å². The molecule has 2 amide bonds. The molecule has 0 heterocycles. The SMILES string of the molecule is CCCCCCC(C)NC(=O)N(C)C(CC)C(=O)O. The molecule has 0 saturated carbocycles. The Balaban J connectivity index is 4.10. The predicted octanol–water partition coefficient (Wildman–Crippen LogP) is 2.85. The van der Waals surface area contributed by atoms with Crippen LogP contribution in [-0.2, 0) is 4.79 Å². The highest BCUT2D eigenvalue weighted by molar-refractivity contribution is 5.82. The van der Waals surface area contributed by atoms with Gasteiger partial charge in [0.2, 0.25) is 0 Å². The molecule has 5 heteroatoms. The Kier molecular flexibility index (Phi) is 9.00. The summed E-state index contributed by atoms with van der Waals surface area (Å²) in [5.74, 6) is -0.962. The summed E-state index contributed by atoms with van der Waals surface area (Å²) in [6, 6.07) is -0.984. The number of nitrogens with zero attached hydrogens (tertiary/aromatic N) is 1. The molecule has 19 heavy (non-hydrogen) atoms. The Morgan fingerprint density at radius 3 is 2.32 bits per heavy atom. The Morgan fingerprint density at radius 1 is 1.21 bits per heavy atom. The molecule has 0 fully saturated rings. The minimum atomic E-state index is -0.962. The van der Waals surface area contributed by atoms with E-state index < -0.39 is 12.0 Å². The quantitative estimate of drug-likeness (QED) is 0.634. The number of aliphatic carboxylic acids is 1. The third kappa shape index (κ3) is 7.03. The van der Waals surface area contributed by atoms with Gasteiger partial charge in [-0.3, -0.25) is 0 Å². The molecule has 2 atom stereocenters. The lowest BCUT2D eigenvalue weighted by Crippen LogP contribution is -2.49. The molecule has 112 valence electrons. The summed E-state index contributed by atoms with van der Waals surface area (Å²) in [6.07, 6.45) is 6.03. The van der Waals surface area contributed by atoms with E-state index in [2.05, 4.69) is 12.2 Å². The van der Waals surface area contributed by atoms with Crippen LogP contribution in [0.1, 0.15) is 59.3 Å². The smallest absolute Gasteiger partial charge is 0.326 e. The van der Waals surface area contributed by atoms with Gasteiger partial charge in [0.15, 0.2) is 0 Å². The van der Waals surface area contributed by atoms with E-state index >= 15 is 0 Å². The maximum Gasteiger partial charge on any atom is 0.326 e. The molecule has 2 unspecified atom stereocenters. The Bertz CT molecular complexity index is 282. The predicted molar refractivity (Wildman–Crippen MR) is 76.2 cm³/mol. The third-order valence-electron chi connectivity index (χ3n) is 3.32. The van der Waals surface area contributed by atoms with Crippen molar-refractivity contribution in [3.8, 4) is 0 Å². The van der Waals surface area contributed by atoms with Crippen LogP contribution in [0, 0.1) is 0 Å². The molecule has 0 aromatic rings. The summed E-state index contributed by atoms with van der Waals surface area (Å²) in [5.41, 5.74) is 0. The van der Waals surface area contributed by atoms with Gasteiger partial charge in [-0.15, -0.1) is 0 Å². The summed E-state index contributed by atoms with van der Waals surface area (Å²) >= 11 is 0. The molecule has 5 nitrogen and oxygen atoms in total. The van der Waals surface area contributed by atoms with Gasteiger partial charge in [-0.2, -0.15) is 0 Å². The van der Waals surface area contributed by atoms with Crippen molar-refractivity contribution >= 4 is 12.0 Å². The minimum Gasteiger partial charge on any atom is -0.480 e. The van der Waals surface area contributed by atoms with Gasteiger partial charge in [-0.25, -0.2) is 9.59 Å². The number of nitrogens with one attached hydrogen (secondary N) is 1. The maximum atomic E-state index is 11.9. The number of hydrogen-bond donors (Lipinski definition) is 2. The first-order valence-corrected chi connectivity index (χ1v) is 7.20. The first kappa shape index (κ1) is 17.7. The fourth-order valence-electron chi connectivity index (χ4n) is 2.02. The van der Waals surface area contributed by atoms with Crippen LogP contribution in [0.25, 0.3) is 0 Å². The number of carboxylic acid groups (broad SMARTS) is 1. The zero-order valence-corrected chi connectivity index (χ0v) is 12.6. The van der Waals surface area contributed by atoms with Gasteiger partial charge in [-0.05, 0) is 19.8 Å². The monoisotopic (exact) mass is 272 g/mol. The van der Waals surface area contributed by atoms with Gasteiger partial charge < -0.3 is 15.3 Å². The second kappa shape index (κ2) is 9.64. The zero-order chi connectivity index (χ0) is 14.8.